The topological polar surface area (TPSA) is 75.6 Å². The monoisotopic (exact) mass is 378 g/mol. The fourth-order valence-electron chi connectivity index (χ4n) is 3.37. The molecule has 0 spiro atoms. The van der Waals surface area contributed by atoms with Gasteiger partial charge in [0, 0.05) is 49.1 Å². The van der Waals surface area contributed by atoms with Gasteiger partial charge >= 0.3 is 0 Å². The van der Waals surface area contributed by atoms with Gasteiger partial charge in [0.25, 0.3) is 5.69 Å². The van der Waals surface area contributed by atoms with Crippen LogP contribution in [0.2, 0.25) is 0 Å². The van der Waals surface area contributed by atoms with E-state index in [0.29, 0.717) is 30.9 Å². The van der Waals surface area contributed by atoms with Gasteiger partial charge in [-0.25, -0.2) is 8.78 Å². The van der Waals surface area contributed by atoms with Crippen molar-refractivity contribution < 1.29 is 13.7 Å². The molecule has 0 saturated carbocycles. The first-order chi connectivity index (χ1) is 12.2. The molecule has 4 rings (SSSR count). The van der Waals surface area contributed by atoms with E-state index in [1.165, 1.54) is 12.1 Å². The van der Waals surface area contributed by atoms with Crippen molar-refractivity contribution in [3.8, 4) is 0 Å². The summed E-state index contributed by atoms with van der Waals surface area (Å²) < 4.78 is 26.6. The zero-order valence-electron chi connectivity index (χ0n) is 14.6. The molecule has 0 saturated heterocycles. The number of benzene rings is 2. The molecule has 146 valence electrons. The third kappa shape index (κ3) is 4.40. The molecule has 6 nitrogen and oxygen atoms in total. The van der Waals surface area contributed by atoms with Gasteiger partial charge in [0.1, 0.15) is 11.6 Å². The first-order valence-corrected chi connectivity index (χ1v) is 8.14. The van der Waals surface area contributed by atoms with Crippen LogP contribution < -0.4 is 5.73 Å². The molecule has 2 aromatic carbocycles. The van der Waals surface area contributed by atoms with Crippen LogP contribution in [0.3, 0.4) is 0 Å². The molecule has 27 heavy (non-hydrogen) atoms. The van der Waals surface area contributed by atoms with E-state index >= 15 is 0 Å². The Morgan fingerprint density at radius 3 is 1.93 bits per heavy atom. The maximum atomic E-state index is 13.4. The number of hydrogen-bond acceptors (Lipinski definition) is 5. The Kier molecular flexibility index (Phi) is 6.12. The Hall–Kier alpha value is -2.58. The summed E-state index contributed by atoms with van der Waals surface area (Å²) in [7, 11) is 3.82. The van der Waals surface area contributed by atoms with E-state index in [1.54, 1.807) is 0 Å². The quantitative estimate of drug-likeness (QED) is 0.466. The van der Waals surface area contributed by atoms with Crippen molar-refractivity contribution in [2.24, 2.45) is 0 Å². The minimum absolute atomic E-state index is 0. The minimum Gasteiger partial charge on any atom is -0.399 e. The average Bonchev–Trinajstić information content (AvgIpc) is 3.09. The van der Waals surface area contributed by atoms with Gasteiger partial charge in [-0.2, -0.15) is 0 Å². The molecule has 2 heterocycles. The summed E-state index contributed by atoms with van der Waals surface area (Å²) in [6, 6.07) is 5.67. The summed E-state index contributed by atoms with van der Waals surface area (Å²) in [6.07, 6.45) is 0. The number of nitrogens with zero attached hydrogens (tertiary/aromatic N) is 3. The smallest absolute Gasteiger partial charge is 0.272 e. The number of anilines is 1. The third-order valence-corrected chi connectivity index (χ3v) is 4.53. The highest BCUT2D eigenvalue weighted by Crippen LogP contribution is 2.28. The van der Waals surface area contributed by atoms with Crippen molar-refractivity contribution in [1.82, 2.24) is 9.80 Å². The highest BCUT2D eigenvalue weighted by Gasteiger charge is 2.23. The maximum absolute atomic E-state index is 13.4. The number of fused-ring (bicyclic) bond motifs is 2. The lowest BCUT2D eigenvalue weighted by molar-refractivity contribution is -0.385. The molecule has 2 N–H and O–H groups in total. The van der Waals surface area contributed by atoms with Crippen LogP contribution in [0, 0.1) is 21.7 Å². The predicted octanol–water partition coefficient (Wildman–Crippen LogP) is 3.67. The fraction of sp³-hybridized carbons (Fsp3) is 0.368. The molecule has 0 radical (unpaired) electrons. The Bertz CT molecular complexity index is 873. The van der Waals surface area contributed by atoms with Crippen LogP contribution in [0.1, 0.15) is 29.7 Å². The zero-order valence-corrected chi connectivity index (χ0v) is 14.6. The molecule has 0 atom stereocenters. The van der Waals surface area contributed by atoms with Gasteiger partial charge in [0.05, 0.1) is 11.0 Å². The highest BCUT2D eigenvalue weighted by molar-refractivity contribution is 5.47. The number of hydrogen-bond donors (Lipinski definition) is 1. The normalized spacial score (nSPS) is 15.4. The first kappa shape index (κ1) is 20.7. The molecule has 2 aliphatic rings. The van der Waals surface area contributed by atoms with E-state index in [0.717, 1.165) is 29.3 Å². The second-order valence-corrected chi connectivity index (χ2v) is 6.81. The van der Waals surface area contributed by atoms with E-state index in [9.17, 15) is 18.9 Å². The number of nitrogen functional groups attached to an aromatic ring is 1. The number of nitro benzene ring substituents is 1. The van der Waals surface area contributed by atoms with Gasteiger partial charge in [-0.05, 0) is 37.4 Å². The second kappa shape index (κ2) is 7.98. The van der Waals surface area contributed by atoms with Crippen LogP contribution in [0.15, 0.2) is 24.3 Å². The van der Waals surface area contributed by atoms with Crippen LogP contribution in [-0.4, -0.2) is 28.8 Å². The molecule has 2 aromatic rings. The van der Waals surface area contributed by atoms with E-state index in [4.69, 9.17) is 5.73 Å². The molecule has 0 amide bonds. The predicted molar refractivity (Wildman–Crippen MR) is 101 cm³/mol. The lowest BCUT2D eigenvalue weighted by Crippen LogP contribution is -2.07. The lowest BCUT2D eigenvalue weighted by Gasteiger charge is -2.02. The van der Waals surface area contributed by atoms with Gasteiger partial charge in [-0.3, -0.25) is 19.9 Å². The molecule has 8 heteroatoms. The van der Waals surface area contributed by atoms with Gasteiger partial charge in [-0.15, -0.1) is 0 Å². The SMILES string of the molecule is C.CN1Cc2cc(N)cc(F)c2C1.CN1Cc2cc([N+](=O)[O-])cc(F)c2C1. The molecule has 0 unspecified atom stereocenters. The van der Waals surface area contributed by atoms with E-state index in [-0.39, 0.29) is 18.9 Å². The molecule has 0 bridgehead atoms. The average molecular weight is 378 g/mol. The maximum Gasteiger partial charge on any atom is 0.272 e. The van der Waals surface area contributed by atoms with E-state index in [2.05, 4.69) is 4.90 Å². The third-order valence-electron chi connectivity index (χ3n) is 4.53. The van der Waals surface area contributed by atoms with Gasteiger partial charge in [0.15, 0.2) is 0 Å². The fourth-order valence-corrected chi connectivity index (χ4v) is 3.37. The van der Waals surface area contributed by atoms with Crippen molar-refractivity contribution >= 4 is 11.4 Å². The van der Waals surface area contributed by atoms with Crippen molar-refractivity contribution in [3.63, 3.8) is 0 Å². The van der Waals surface area contributed by atoms with Crippen LogP contribution in [0.5, 0.6) is 0 Å². The summed E-state index contributed by atoms with van der Waals surface area (Å²) in [4.78, 5) is 13.9. The number of nitro groups is 1. The first-order valence-electron chi connectivity index (χ1n) is 8.14. The Morgan fingerprint density at radius 1 is 0.926 bits per heavy atom. The van der Waals surface area contributed by atoms with Crippen molar-refractivity contribution in [2.75, 3.05) is 19.8 Å². The zero-order chi connectivity index (χ0) is 19.0. The Balaban J connectivity index is 0.000000189. The molecular weight excluding hydrogens is 354 g/mol. The van der Waals surface area contributed by atoms with Gasteiger partial charge in [0.2, 0.25) is 0 Å². The summed E-state index contributed by atoms with van der Waals surface area (Å²) >= 11 is 0. The minimum atomic E-state index is -0.568. The van der Waals surface area contributed by atoms with Crippen molar-refractivity contribution in [2.45, 2.75) is 33.6 Å². The molecule has 2 aliphatic heterocycles. The van der Waals surface area contributed by atoms with Crippen molar-refractivity contribution in [3.05, 3.63) is 68.3 Å². The van der Waals surface area contributed by atoms with Crippen LogP contribution in [-0.2, 0) is 26.2 Å². The summed E-state index contributed by atoms with van der Waals surface area (Å²) in [6.45, 7) is 2.60. The van der Waals surface area contributed by atoms with Crippen LogP contribution in [0.25, 0.3) is 0 Å². The molecule has 0 aromatic heterocycles. The lowest BCUT2D eigenvalue weighted by atomic mass is 10.1. The molecular formula is C19H24F2N4O2. The highest BCUT2D eigenvalue weighted by atomic mass is 19.1. The number of halogens is 2. The van der Waals surface area contributed by atoms with Crippen LogP contribution in [0.4, 0.5) is 20.2 Å². The van der Waals surface area contributed by atoms with Gasteiger partial charge < -0.3 is 5.73 Å². The standard InChI is InChI=1S/C9H9FN2O2.C9H11FN2.CH4/c1-11-4-6-2-7(12(13)14)3-9(10)8(6)5-11;1-12-4-6-2-7(11)3-9(10)8(6)5-12;/h2-3H,4-5H2,1H3;2-3H,4-5,11H2,1H3;1H4. The summed E-state index contributed by atoms with van der Waals surface area (Å²) in [5.41, 5.74) is 8.99. The second-order valence-electron chi connectivity index (χ2n) is 6.81. The van der Waals surface area contributed by atoms with E-state index < -0.39 is 10.7 Å². The van der Waals surface area contributed by atoms with E-state index in [1.807, 2.05) is 25.1 Å². The van der Waals surface area contributed by atoms with Gasteiger partial charge in [-0.1, -0.05) is 7.43 Å². The number of non-ortho nitro benzene ring substituents is 1. The molecule has 0 aliphatic carbocycles. The van der Waals surface area contributed by atoms with Crippen molar-refractivity contribution in [1.29, 1.82) is 0 Å². The Labute approximate surface area is 157 Å². The molecule has 0 fully saturated rings. The summed E-state index contributed by atoms with van der Waals surface area (Å²) in [5.74, 6) is -0.645. The Morgan fingerprint density at radius 2 is 1.41 bits per heavy atom. The largest absolute Gasteiger partial charge is 0.399 e. The number of nitrogens with two attached hydrogens (primary N) is 1. The number of rotatable bonds is 1. The summed E-state index contributed by atoms with van der Waals surface area (Å²) in [5, 5.41) is 10.5. The van der Waals surface area contributed by atoms with Crippen LogP contribution >= 0.6 is 0 Å².